The molecule has 2 aromatic carbocycles. The van der Waals surface area contributed by atoms with Crippen LogP contribution in [0, 0.1) is 0 Å². The molecule has 2 N–H and O–H groups in total. The van der Waals surface area contributed by atoms with Crippen LogP contribution in [0.5, 0.6) is 23.0 Å². The zero-order valence-corrected chi connectivity index (χ0v) is 19.5. The van der Waals surface area contributed by atoms with Crippen molar-refractivity contribution in [3.63, 3.8) is 0 Å². The molecule has 0 radical (unpaired) electrons. The van der Waals surface area contributed by atoms with Gasteiger partial charge in [-0.2, -0.15) is 0 Å². The predicted octanol–water partition coefficient (Wildman–Crippen LogP) is 3.62. The van der Waals surface area contributed by atoms with Crippen molar-refractivity contribution in [3.8, 4) is 23.0 Å². The Balaban J connectivity index is 1.83. The summed E-state index contributed by atoms with van der Waals surface area (Å²) in [6, 6.07) is 12.1. The van der Waals surface area contributed by atoms with Crippen molar-refractivity contribution in [1.82, 2.24) is 10.6 Å². The zero-order valence-electron chi connectivity index (χ0n) is 19.5. The Labute approximate surface area is 185 Å². The lowest BCUT2D eigenvalue weighted by molar-refractivity contribution is 0.322. The van der Waals surface area contributed by atoms with Gasteiger partial charge in [-0.15, -0.1) is 0 Å². The van der Waals surface area contributed by atoms with Crippen molar-refractivity contribution in [3.05, 3.63) is 47.5 Å². The molecule has 7 nitrogen and oxygen atoms in total. The number of methoxy groups -OCH3 is 4. The second-order valence-electron chi connectivity index (χ2n) is 7.13. The molecule has 2 aromatic rings. The highest BCUT2D eigenvalue weighted by Gasteiger charge is 2.15. The van der Waals surface area contributed by atoms with Gasteiger partial charge in [0, 0.05) is 25.7 Å². The summed E-state index contributed by atoms with van der Waals surface area (Å²) in [7, 11) is 8.32. The molecule has 0 spiro atoms. The summed E-state index contributed by atoms with van der Waals surface area (Å²) in [4.78, 5) is 4.32. The number of nitrogens with one attached hydrogen (secondary N) is 2. The van der Waals surface area contributed by atoms with Crippen LogP contribution >= 0.6 is 0 Å². The molecule has 0 amide bonds. The molecule has 7 heteroatoms. The van der Waals surface area contributed by atoms with Crippen molar-refractivity contribution < 1.29 is 18.9 Å². The molecule has 0 aliphatic heterocycles. The van der Waals surface area contributed by atoms with Gasteiger partial charge < -0.3 is 29.6 Å². The third-order valence-electron chi connectivity index (χ3n) is 5.25. The first-order chi connectivity index (χ1) is 15.1. The van der Waals surface area contributed by atoms with E-state index in [2.05, 4.69) is 34.7 Å². The van der Waals surface area contributed by atoms with E-state index in [9.17, 15) is 0 Å². The largest absolute Gasteiger partial charge is 0.497 e. The fraction of sp³-hybridized carbons (Fsp3) is 0.458. The van der Waals surface area contributed by atoms with Gasteiger partial charge in [0.05, 0.1) is 28.4 Å². The van der Waals surface area contributed by atoms with Gasteiger partial charge in [0.25, 0.3) is 0 Å². The maximum Gasteiger partial charge on any atom is 0.203 e. The molecule has 0 saturated heterocycles. The average molecular weight is 430 g/mol. The van der Waals surface area contributed by atoms with E-state index in [4.69, 9.17) is 18.9 Å². The van der Waals surface area contributed by atoms with Crippen LogP contribution in [-0.4, -0.2) is 54.5 Å². The number of hydrogen-bond donors (Lipinski definition) is 2. The highest BCUT2D eigenvalue weighted by Crippen LogP contribution is 2.39. The van der Waals surface area contributed by atoms with E-state index in [1.165, 1.54) is 5.56 Å². The second-order valence-corrected chi connectivity index (χ2v) is 7.13. The summed E-state index contributed by atoms with van der Waals surface area (Å²) in [6.45, 7) is 3.76. The number of rotatable bonds is 11. The molecule has 0 fully saturated rings. The summed E-state index contributed by atoms with van der Waals surface area (Å²) in [5, 5.41) is 6.75. The van der Waals surface area contributed by atoms with Gasteiger partial charge in [-0.25, -0.2) is 0 Å². The molecule has 170 valence electrons. The van der Waals surface area contributed by atoms with Crippen LogP contribution in [-0.2, 0) is 6.42 Å². The molecule has 0 aliphatic rings. The van der Waals surface area contributed by atoms with E-state index >= 15 is 0 Å². The van der Waals surface area contributed by atoms with Gasteiger partial charge in [-0.3, -0.25) is 4.99 Å². The normalized spacial score (nSPS) is 12.1. The molecule has 31 heavy (non-hydrogen) atoms. The monoisotopic (exact) mass is 429 g/mol. The first kappa shape index (κ1) is 24.2. The molecule has 0 saturated carbocycles. The summed E-state index contributed by atoms with van der Waals surface area (Å²) < 4.78 is 21.6. The van der Waals surface area contributed by atoms with E-state index in [0.717, 1.165) is 36.7 Å². The van der Waals surface area contributed by atoms with Crippen LogP contribution in [0.25, 0.3) is 0 Å². The van der Waals surface area contributed by atoms with Crippen molar-refractivity contribution in [2.75, 3.05) is 48.6 Å². The second kappa shape index (κ2) is 12.6. The first-order valence-electron chi connectivity index (χ1n) is 10.4. The van der Waals surface area contributed by atoms with Gasteiger partial charge in [0.2, 0.25) is 5.75 Å². The van der Waals surface area contributed by atoms with Gasteiger partial charge in [-0.05, 0) is 42.5 Å². The molecule has 0 aliphatic carbocycles. The third-order valence-corrected chi connectivity index (χ3v) is 5.25. The van der Waals surface area contributed by atoms with Gasteiger partial charge in [0.15, 0.2) is 17.5 Å². The van der Waals surface area contributed by atoms with E-state index in [-0.39, 0.29) is 0 Å². The molecule has 1 unspecified atom stereocenters. The molecule has 0 bridgehead atoms. The predicted molar refractivity (Wildman–Crippen MR) is 125 cm³/mol. The van der Waals surface area contributed by atoms with Crippen LogP contribution < -0.4 is 29.6 Å². The van der Waals surface area contributed by atoms with Crippen LogP contribution in [0.4, 0.5) is 0 Å². The summed E-state index contributed by atoms with van der Waals surface area (Å²) in [5.74, 6) is 4.05. The zero-order chi connectivity index (χ0) is 22.6. The maximum atomic E-state index is 5.56. The highest BCUT2D eigenvalue weighted by molar-refractivity contribution is 5.79. The Kier molecular flexibility index (Phi) is 9.81. The number of hydrogen-bond acceptors (Lipinski definition) is 5. The molecule has 0 aromatic heterocycles. The SMILES string of the molecule is CN=C(NCCc1ccc(OC)c(OC)c1OC)NCCC(C)c1ccc(OC)cc1. The lowest BCUT2D eigenvalue weighted by Gasteiger charge is -2.17. The van der Waals surface area contributed by atoms with Crippen LogP contribution in [0.15, 0.2) is 41.4 Å². The van der Waals surface area contributed by atoms with E-state index in [1.807, 2.05) is 24.3 Å². The molecule has 2 rings (SSSR count). The molecule has 0 heterocycles. The average Bonchev–Trinajstić information content (AvgIpc) is 2.82. The lowest BCUT2D eigenvalue weighted by atomic mass is 9.98. The Morgan fingerprint density at radius 2 is 1.52 bits per heavy atom. The summed E-state index contributed by atoms with van der Waals surface area (Å²) in [5.41, 5.74) is 2.34. The Morgan fingerprint density at radius 1 is 0.839 bits per heavy atom. The van der Waals surface area contributed by atoms with Crippen molar-refractivity contribution in [2.24, 2.45) is 4.99 Å². The number of nitrogens with zero attached hydrogens (tertiary/aromatic N) is 1. The summed E-state index contributed by atoms with van der Waals surface area (Å²) >= 11 is 0. The van der Waals surface area contributed by atoms with Gasteiger partial charge in [-0.1, -0.05) is 25.1 Å². The van der Waals surface area contributed by atoms with Crippen molar-refractivity contribution >= 4 is 5.96 Å². The third kappa shape index (κ3) is 6.70. The maximum absolute atomic E-state index is 5.56. The van der Waals surface area contributed by atoms with E-state index in [0.29, 0.717) is 29.7 Å². The van der Waals surface area contributed by atoms with E-state index < -0.39 is 0 Å². The van der Waals surface area contributed by atoms with Crippen molar-refractivity contribution in [1.29, 1.82) is 0 Å². The number of aliphatic imine (C=N–C) groups is 1. The minimum absolute atomic E-state index is 0.438. The van der Waals surface area contributed by atoms with Crippen molar-refractivity contribution in [2.45, 2.75) is 25.7 Å². The number of ether oxygens (including phenoxy) is 4. The minimum Gasteiger partial charge on any atom is -0.497 e. The fourth-order valence-electron chi connectivity index (χ4n) is 3.40. The highest BCUT2D eigenvalue weighted by atomic mass is 16.5. The molecular weight excluding hydrogens is 394 g/mol. The Bertz CT molecular complexity index is 837. The lowest BCUT2D eigenvalue weighted by Crippen LogP contribution is -2.39. The molecule has 1 atom stereocenters. The minimum atomic E-state index is 0.438. The van der Waals surface area contributed by atoms with Crippen LogP contribution in [0.2, 0.25) is 0 Å². The van der Waals surface area contributed by atoms with Gasteiger partial charge >= 0.3 is 0 Å². The first-order valence-corrected chi connectivity index (χ1v) is 10.4. The standard InChI is InChI=1S/C24H35N3O4/c1-17(18-7-10-20(28-3)11-8-18)13-15-26-24(25-2)27-16-14-19-9-12-21(29-4)23(31-6)22(19)30-5/h7-12,17H,13-16H2,1-6H3,(H2,25,26,27). The Hall–Kier alpha value is -3.09. The number of guanidine groups is 1. The van der Waals surface area contributed by atoms with Crippen LogP contribution in [0.1, 0.15) is 30.4 Å². The summed E-state index contributed by atoms with van der Waals surface area (Å²) in [6.07, 6.45) is 1.75. The van der Waals surface area contributed by atoms with Crippen LogP contribution in [0.3, 0.4) is 0 Å². The Morgan fingerprint density at radius 3 is 2.10 bits per heavy atom. The number of benzene rings is 2. The fourth-order valence-corrected chi connectivity index (χ4v) is 3.40. The quantitative estimate of drug-likeness (QED) is 0.420. The van der Waals surface area contributed by atoms with Gasteiger partial charge in [0.1, 0.15) is 5.75 Å². The smallest absolute Gasteiger partial charge is 0.203 e. The molecular formula is C24H35N3O4. The topological polar surface area (TPSA) is 73.3 Å². The van der Waals surface area contributed by atoms with E-state index in [1.54, 1.807) is 35.5 Å².